The van der Waals surface area contributed by atoms with Gasteiger partial charge < -0.3 is 0 Å². The monoisotopic (exact) mass is 278 g/mol. The van der Waals surface area contributed by atoms with Crippen molar-refractivity contribution in [3.63, 3.8) is 0 Å². The molecule has 1 aromatic heterocycles. The van der Waals surface area contributed by atoms with E-state index in [4.69, 9.17) is 0 Å². The minimum Gasteiger partial charge on any atom is -0.222 e. The number of aromatic nitrogens is 2. The fourth-order valence-corrected chi connectivity index (χ4v) is 2.41. The van der Waals surface area contributed by atoms with Crippen molar-refractivity contribution < 1.29 is 0 Å². The Labute approximate surface area is 122 Å². The van der Waals surface area contributed by atoms with Crippen LogP contribution in [-0.4, -0.2) is 16.2 Å². The van der Waals surface area contributed by atoms with Gasteiger partial charge in [-0.1, -0.05) is 72.4 Å². The second-order valence-corrected chi connectivity index (χ2v) is 5.13. The van der Waals surface area contributed by atoms with Gasteiger partial charge in [-0.05, 0) is 12.3 Å². The van der Waals surface area contributed by atoms with Crippen LogP contribution >= 0.6 is 11.8 Å². The summed E-state index contributed by atoms with van der Waals surface area (Å²) in [7, 11) is 0. The van der Waals surface area contributed by atoms with Gasteiger partial charge in [-0.15, -0.1) is 0 Å². The Morgan fingerprint density at radius 3 is 1.55 bits per heavy atom. The quantitative estimate of drug-likeness (QED) is 0.520. The molecule has 3 heteroatoms. The maximum atomic E-state index is 4.60. The van der Waals surface area contributed by atoms with E-state index in [0.29, 0.717) is 0 Å². The maximum Gasteiger partial charge on any atom is 0.188 e. The Morgan fingerprint density at radius 2 is 1.15 bits per heavy atom. The Hall–Kier alpha value is -2.13. The zero-order valence-electron chi connectivity index (χ0n) is 11.2. The van der Waals surface area contributed by atoms with E-state index in [1.165, 1.54) is 0 Å². The fourth-order valence-electron chi connectivity index (χ4n) is 2.03. The third-order valence-electron chi connectivity index (χ3n) is 3.03. The van der Waals surface area contributed by atoms with Gasteiger partial charge in [0.25, 0.3) is 0 Å². The van der Waals surface area contributed by atoms with E-state index in [1.807, 2.05) is 48.7 Å². The second-order valence-electron chi connectivity index (χ2n) is 4.36. The lowest BCUT2D eigenvalue weighted by atomic mass is 10.1. The first-order valence-corrected chi connectivity index (χ1v) is 7.63. The van der Waals surface area contributed by atoms with Gasteiger partial charge in [0.1, 0.15) is 0 Å². The molecule has 0 atom stereocenters. The van der Waals surface area contributed by atoms with Crippen molar-refractivity contribution in [3.8, 4) is 22.5 Å². The Bertz CT molecular complexity index is 639. The largest absolute Gasteiger partial charge is 0.222 e. The molecule has 20 heavy (non-hydrogen) atoms. The molecule has 0 aliphatic heterocycles. The third kappa shape index (κ3) is 2.73. The minimum atomic E-state index is 0.796. The third-order valence-corrected chi connectivity index (χ3v) is 3.58. The first-order chi connectivity index (χ1) is 9.86. The average molecular weight is 278 g/mol. The van der Waals surface area contributed by atoms with Crippen molar-refractivity contribution in [1.29, 1.82) is 0 Å². The average Bonchev–Trinajstić information content (AvgIpc) is 2.56. The highest BCUT2D eigenvalue weighted by Crippen LogP contribution is 2.25. The molecule has 0 aliphatic rings. The van der Waals surface area contributed by atoms with Crippen molar-refractivity contribution in [1.82, 2.24) is 9.97 Å². The first-order valence-electron chi connectivity index (χ1n) is 6.41. The molecule has 0 spiro atoms. The van der Waals surface area contributed by atoms with E-state index in [2.05, 4.69) is 34.2 Å². The van der Waals surface area contributed by atoms with Crippen molar-refractivity contribution in [2.75, 3.05) is 6.26 Å². The Kier molecular flexibility index (Phi) is 3.79. The van der Waals surface area contributed by atoms with Gasteiger partial charge in [0.05, 0.1) is 11.4 Å². The van der Waals surface area contributed by atoms with E-state index in [9.17, 15) is 0 Å². The topological polar surface area (TPSA) is 25.8 Å². The van der Waals surface area contributed by atoms with E-state index in [1.54, 1.807) is 11.8 Å². The molecule has 0 aliphatic carbocycles. The molecule has 0 amide bonds. The van der Waals surface area contributed by atoms with Crippen molar-refractivity contribution in [2.24, 2.45) is 0 Å². The van der Waals surface area contributed by atoms with Crippen LogP contribution in [-0.2, 0) is 0 Å². The van der Waals surface area contributed by atoms with E-state index >= 15 is 0 Å². The van der Waals surface area contributed by atoms with Crippen LogP contribution in [0.5, 0.6) is 0 Å². The van der Waals surface area contributed by atoms with Gasteiger partial charge in [-0.3, -0.25) is 0 Å². The summed E-state index contributed by atoms with van der Waals surface area (Å²) in [6, 6.07) is 22.5. The smallest absolute Gasteiger partial charge is 0.188 e. The highest BCUT2D eigenvalue weighted by molar-refractivity contribution is 7.98. The van der Waals surface area contributed by atoms with Crippen molar-refractivity contribution in [2.45, 2.75) is 5.16 Å². The molecule has 0 saturated heterocycles. The van der Waals surface area contributed by atoms with Gasteiger partial charge in [-0.2, -0.15) is 0 Å². The zero-order chi connectivity index (χ0) is 13.8. The lowest BCUT2D eigenvalue weighted by molar-refractivity contribution is 0.982. The van der Waals surface area contributed by atoms with Crippen molar-refractivity contribution >= 4 is 11.8 Å². The molecule has 0 bridgehead atoms. The second kappa shape index (κ2) is 5.88. The maximum absolute atomic E-state index is 4.60. The SMILES string of the molecule is CSc1nc(-c2ccccc2)cc(-c2ccccc2)n1. The zero-order valence-corrected chi connectivity index (χ0v) is 12.0. The number of thioether (sulfide) groups is 1. The molecule has 0 fully saturated rings. The summed E-state index contributed by atoms with van der Waals surface area (Å²) in [4.78, 5) is 9.20. The Morgan fingerprint density at radius 1 is 0.700 bits per heavy atom. The van der Waals surface area contributed by atoms with E-state index in [0.717, 1.165) is 27.7 Å². The van der Waals surface area contributed by atoms with Crippen LogP contribution < -0.4 is 0 Å². The molecule has 0 radical (unpaired) electrons. The molecule has 98 valence electrons. The molecule has 3 aromatic rings. The first kappa shape index (κ1) is 12.9. The molecule has 0 saturated carbocycles. The lowest BCUT2D eigenvalue weighted by Crippen LogP contribution is -1.93. The van der Waals surface area contributed by atoms with Gasteiger partial charge >= 0.3 is 0 Å². The number of nitrogens with zero attached hydrogens (tertiary/aromatic N) is 2. The van der Waals surface area contributed by atoms with Gasteiger partial charge in [-0.25, -0.2) is 9.97 Å². The van der Waals surface area contributed by atoms with E-state index < -0.39 is 0 Å². The molecule has 2 aromatic carbocycles. The minimum absolute atomic E-state index is 0.796. The van der Waals surface area contributed by atoms with Crippen LogP contribution in [0, 0.1) is 0 Å². The van der Waals surface area contributed by atoms with Crippen LogP contribution in [0.4, 0.5) is 0 Å². The standard InChI is InChI=1S/C17H14N2S/c1-20-17-18-15(13-8-4-2-5-9-13)12-16(19-17)14-10-6-3-7-11-14/h2-12H,1H3. The van der Waals surface area contributed by atoms with Crippen LogP contribution in [0.1, 0.15) is 0 Å². The molecular weight excluding hydrogens is 264 g/mol. The Balaban J connectivity index is 2.13. The summed E-state index contributed by atoms with van der Waals surface area (Å²) < 4.78 is 0. The van der Waals surface area contributed by atoms with E-state index in [-0.39, 0.29) is 0 Å². The van der Waals surface area contributed by atoms with Crippen LogP contribution in [0.25, 0.3) is 22.5 Å². The van der Waals surface area contributed by atoms with Gasteiger partial charge in [0, 0.05) is 11.1 Å². The molecule has 1 heterocycles. The predicted octanol–water partition coefficient (Wildman–Crippen LogP) is 4.53. The summed E-state index contributed by atoms with van der Waals surface area (Å²) in [6.45, 7) is 0. The number of benzene rings is 2. The summed E-state index contributed by atoms with van der Waals surface area (Å²) in [5.74, 6) is 0. The van der Waals surface area contributed by atoms with Crippen LogP contribution in [0.15, 0.2) is 71.9 Å². The molecule has 0 N–H and O–H groups in total. The molecule has 3 rings (SSSR count). The number of rotatable bonds is 3. The predicted molar refractivity (Wildman–Crippen MR) is 84.7 cm³/mol. The summed E-state index contributed by atoms with van der Waals surface area (Å²) >= 11 is 1.56. The number of hydrogen-bond donors (Lipinski definition) is 0. The summed E-state index contributed by atoms with van der Waals surface area (Å²) in [5, 5.41) is 0.796. The summed E-state index contributed by atoms with van der Waals surface area (Å²) in [5.41, 5.74) is 4.15. The molecule has 2 nitrogen and oxygen atoms in total. The highest BCUT2D eigenvalue weighted by atomic mass is 32.2. The fraction of sp³-hybridized carbons (Fsp3) is 0.0588. The molecule has 0 unspecified atom stereocenters. The van der Waals surface area contributed by atoms with Crippen molar-refractivity contribution in [3.05, 3.63) is 66.7 Å². The number of hydrogen-bond acceptors (Lipinski definition) is 3. The van der Waals surface area contributed by atoms with Gasteiger partial charge in [0.15, 0.2) is 5.16 Å². The normalized spacial score (nSPS) is 10.4. The van der Waals surface area contributed by atoms with Crippen LogP contribution in [0.3, 0.4) is 0 Å². The van der Waals surface area contributed by atoms with Crippen LogP contribution in [0.2, 0.25) is 0 Å². The van der Waals surface area contributed by atoms with Gasteiger partial charge in [0.2, 0.25) is 0 Å². The lowest BCUT2D eigenvalue weighted by Gasteiger charge is -2.07. The highest BCUT2D eigenvalue weighted by Gasteiger charge is 2.07. The summed E-state index contributed by atoms with van der Waals surface area (Å²) in [6.07, 6.45) is 2.00. The molecular formula is C17H14N2S.